The molecule has 0 radical (unpaired) electrons. The lowest BCUT2D eigenvalue weighted by molar-refractivity contribution is 0.102. The molecule has 2 heterocycles. The van der Waals surface area contributed by atoms with Gasteiger partial charge in [-0.3, -0.25) is 4.79 Å². The molecule has 1 amide bonds. The minimum absolute atomic E-state index is 0.122. The second kappa shape index (κ2) is 8.66. The van der Waals surface area contributed by atoms with Crippen LogP contribution in [0.1, 0.15) is 27.2 Å². The SMILES string of the molecule is CSc1ccc(-n2nc(C)c3c2-c2cc(NC(=O)c4cc5c(cc4Cl)OCO5)ccc2CC3)cc1. The van der Waals surface area contributed by atoms with Gasteiger partial charge in [-0.25, -0.2) is 4.68 Å². The van der Waals surface area contributed by atoms with Gasteiger partial charge >= 0.3 is 0 Å². The Morgan fingerprint density at radius 3 is 2.60 bits per heavy atom. The molecule has 2 aliphatic rings. The highest BCUT2D eigenvalue weighted by Gasteiger charge is 2.25. The monoisotopic (exact) mass is 503 g/mol. The highest BCUT2D eigenvalue weighted by molar-refractivity contribution is 7.98. The van der Waals surface area contributed by atoms with E-state index in [1.807, 2.05) is 16.8 Å². The van der Waals surface area contributed by atoms with E-state index in [9.17, 15) is 4.79 Å². The number of aryl methyl sites for hydroxylation is 2. The molecule has 6 nitrogen and oxygen atoms in total. The number of benzene rings is 3. The van der Waals surface area contributed by atoms with Gasteiger partial charge in [-0.2, -0.15) is 5.10 Å². The third kappa shape index (κ3) is 3.85. The zero-order valence-electron chi connectivity index (χ0n) is 19.2. The van der Waals surface area contributed by atoms with Gasteiger partial charge in [-0.1, -0.05) is 17.7 Å². The van der Waals surface area contributed by atoms with Gasteiger partial charge in [0, 0.05) is 27.8 Å². The fourth-order valence-electron chi connectivity index (χ4n) is 4.69. The van der Waals surface area contributed by atoms with Gasteiger partial charge in [0.2, 0.25) is 6.79 Å². The zero-order valence-corrected chi connectivity index (χ0v) is 20.8. The molecule has 35 heavy (non-hydrogen) atoms. The summed E-state index contributed by atoms with van der Waals surface area (Å²) in [7, 11) is 0. The van der Waals surface area contributed by atoms with E-state index in [0.717, 1.165) is 35.5 Å². The van der Waals surface area contributed by atoms with Crippen molar-refractivity contribution in [2.75, 3.05) is 18.4 Å². The van der Waals surface area contributed by atoms with E-state index in [2.05, 4.69) is 48.8 Å². The maximum atomic E-state index is 13.1. The maximum absolute atomic E-state index is 13.1. The fourth-order valence-corrected chi connectivity index (χ4v) is 5.34. The van der Waals surface area contributed by atoms with Crippen LogP contribution in [-0.2, 0) is 12.8 Å². The molecule has 1 aromatic heterocycles. The number of hydrogen-bond donors (Lipinski definition) is 1. The predicted molar refractivity (Wildman–Crippen MR) is 138 cm³/mol. The molecular weight excluding hydrogens is 482 g/mol. The number of carbonyl (C=O) groups excluding carboxylic acids is 1. The van der Waals surface area contributed by atoms with Crippen LogP contribution < -0.4 is 14.8 Å². The van der Waals surface area contributed by atoms with Gasteiger partial charge in [0.15, 0.2) is 11.5 Å². The van der Waals surface area contributed by atoms with Crippen LogP contribution in [0.25, 0.3) is 16.9 Å². The number of carbonyl (C=O) groups is 1. The summed E-state index contributed by atoms with van der Waals surface area (Å²) in [5, 5.41) is 8.19. The number of thioether (sulfide) groups is 1. The number of rotatable bonds is 4. The van der Waals surface area contributed by atoms with Crippen molar-refractivity contribution in [2.45, 2.75) is 24.7 Å². The summed E-state index contributed by atoms with van der Waals surface area (Å²) in [5.74, 6) is 0.755. The van der Waals surface area contributed by atoms with Gasteiger partial charge in [0.1, 0.15) is 0 Å². The Balaban J connectivity index is 1.37. The fraction of sp³-hybridized carbons (Fsp3) is 0.185. The lowest BCUT2D eigenvalue weighted by Gasteiger charge is -2.20. The second-order valence-electron chi connectivity index (χ2n) is 8.53. The number of ether oxygens (including phenoxy) is 2. The van der Waals surface area contributed by atoms with Crippen molar-refractivity contribution in [3.05, 3.63) is 82.0 Å². The zero-order chi connectivity index (χ0) is 24.1. The van der Waals surface area contributed by atoms with Gasteiger partial charge < -0.3 is 14.8 Å². The lowest BCUT2D eigenvalue weighted by Crippen LogP contribution is -2.14. The van der Waals surface area contributed by atoms with Crippen molar-refractivity contribution in [3.63, 3.8) is 0 Å². The van der Waals surface area contributed by atoms with Gasteiger partial charge in [0.25, 0.3) is 5.91 Å². The Bertz CT molecular complexity index is 1480. The first-order chi connectivity index (χ1) is 17.0. The number of aromatic nitrogens is 2. The van der Waals surface area contributed by atoms with E-state index in [1.54, 1.807) is 23.9 Å². The van der Waals surface area contributed by atoms with Gasteiger partial charge in [-0.15, -0.1) is 11.8 Å². The molecule has 1 aliphatic carbocycles. The summed E-state index contributed by atoms with van der Waals surface area (Å²) < 4.78 is 12.8. The van der Waals surface area contributed by atoms with E-state index < -0.39 is 0 Å². The van der Waals surface area contributed by atoms with Crippen molar-refractivity contribution in [1.82, 2.24) is 9.78 Å². The summed E-state index contributed by atoms with van der Waals surface area (Å²) >= 11 is 8.07. The quantitative estimate of drug-likeness (QED) is 0.331. The van der Waals surface area contributed by atoms with Crippen LogP contribution in [0.5, 0.6) is 11.5 Å². The van der Waals surface area contributed by atoms with E-state index in [-0.39, 0.29) is 12.7 Å². The van der Waals surface area contributed by atoms with Crippen molar-refractivity contribution < 1.29 is 14.3 Å². The highest BCUT2D eigenvalue weighted by Crippen LogP contribution is 2.39. The minimum atomic E-state index is -0.304. The Morgan fingerprint density at radius 2 is 1.83 bits per heavy atom. The molecule has 3 aromatic carbocycles. The predicted octanol–water partition coefficient (Wildman–Crippen LogP) is 6.30. The number of nitrogens with one attached hydrogen (secondary N) is 1. The number of amides is 1. The van der Waals surface area contributed by atoms with Crippen molar-refractivity contribution in [3.8, 4) is 28.4 Å². The maximum Gasteiger partial charge on any atom is 0.257 e. The van der Waals surface area contributed by atoms with Gasteiger partial charge in [-0.05, 0) is 74.0 Å². The van der Waals surface area contributed by atoms with Crippen LogP contribution in [0.4, 0.5) is 5.69 Å². The molecule has 176 valence electrons. The Kier molecular flexibility index (Phi) is 5.46. The first-order valence-corrected chi connectivity index (χ1v) is 12.9. The molecule has 0 spiro atoms. The number of fused-ring (bicyclic) bond motifs is 4. The number of anilines is 1. The third-order valence-corrected chi connectivity index (χ3v) is 7.53. The smallest absolute Gasteiger partial charge is 0.257 e. The van der Waals surface area contributed by atoms with E-state index >= 15 is 0 Å². The Hall–Kier alpha value is -3.42. The molecule has 0 saturated carbocycles. The first kappa shape index (κ1) is 22.1. The standard InChI is InChI=1S/C27H22ClN3O3S/c1-15-20-10-4-16-3-5-17(29-27(32)22-12-24-25(13-23(22)28)34-14-33-24)11-21(16)26(20)31(30-15)18-6-8-19(35-2)9-7-18/h3,5-9,11-13H,4,10,14H2,1-2H3,(H,29,32). The minimum Gasteiger partial charge on any atom is -0.454 e. The van der Waals surface area contributed by atoms with E-state index in [4.69, 9.17) is 26.2 Å². The Morgan fingerprint density at radius 1 is 1.06 bits per heavy atom. The molecule has 6 rings (SSSR count). The lowest BCUT2D eigenvalue weighted by atomic mass is 9.88. The molecule has 0 fully saturated rings. The normalized spacial score (nSPS) is 13.3. The van der Waals surface area contributed by atoms with Crippen LogP contribution >= 0.6 is 23.4 Å². The van der Waals surface area contributed by atoms with Crippen molar-refractivity contribution in [2.24, 2.45) is 0 Å². The third-order valence-electron chi connectivity index (χ3n) is 6.48. The average molecular weight is 504 g/mol. The first-order valence-electron chi connectivity index (χ1n) is 11.3. The summed E-state index contributed by atoms with van der Waals surface area (Å²) in [5.41, 5.74) is 7.71. The van der Waals surface area contributed by atoms with Crippen molar-refractivity contribution >= 4 is 35.0 Å². The molecule has 1 N–H and O–H groups in total. The Labute approximate surface area is 212 Å². The molecule has 1 aliphatic heterocycles. The topological polar surface area (TPSA) is 65.4 Å². The average Bonchev–Trinajstić information content (AvgIpc) is 3.47. The molecule has 0 bridgehead atoms. The van der Waals surface area contributed by atoms with Crippen molar-refractivity contribution in [1.29, 1.82) is 0 Å². The molecule has 0 saturated heterocycles. The summed E-state index contributed by atoms with van der Waals surface area (Å²) in [6.07, 6.45) is 3.94. The summed E-state index contributed by atoms with van der Waals surface area (Å²) in [6.45, 7) is 2.18. The number of hydrogen-bond acceptors (Lipinski definition) is 5. The van der Waals surface area contributed by atoms with Gasteiger partial charge in [0.05, 0.1) is 27.7 Å². The number of nitrogens with zero attached hydrogens (tertiary/aromatic N) is 2. The van der Waals surface area contributed by atoms with E-state index in [0.29, 0.717) is 27.8 Å². The van der Waals surface area contributed by atoms with Crippen LogP contribution in [0.2, 0.25) is 5.02 Å². The summed E-state index contributed by atoms with van der Waals surface area (Å²) in [4.78, 5) is 14.3. The molecule has 0 atom stereocenters. The van der Waals surface area contributed by atoms with Crippen LogP contribution in [0.15, 0.2) is 59.5 Å². The summed E-state index contributed by atoms with van der Waals surface area (Å²) in [6, 6.07) is 17.7. The van der Waals surface area contributed by atoms with Crippen LogP contribution in [0, 0.1) is 6.92 Å². The molecule has 0 unspecified atom stereocenters. The number of halogens is 1. The second-order valence-corrected chi connectivity index (χ2v) is 9.82. The molecular formula is C27H22ClN3O3S. The van der Waals surface area contributed by atoms with Crippen LogP contribution in [0.3, 0.4) is 0 Å². The molecule has 8 heteroatoms. The largest absolute Gasteiger partial charge is 0.454 e. The van der Waals surface area contributed by atoms with Crippen LogP contribution in [-0.4, -0.2) is 28.7 Å². The van der Waals surface area contributed by atoms with E-state index in [1.165, 1.54) is 16.0 Å². The molecule has 4 aromatic rings. The highest BCUT2D eigenvalue weighted by atomic mass is 35.5.